The quantitative estimate of drug-likeness (QED) is 0.748. The van der Waals surface area contributed by atoms with Crippen molar-refractivity contribution < 1.29 is 9.90 Å². The highest BCUT2D eigenvalue weighted by Gasteiger charge is 2.40. The second-order valence-corrected chi connectivity index (χ2v) is 7.44. The van der Waals surface area contributed by atoms with E-state index in [-0.39, 0.29) is 41.3 Å². The van der Waals surface area contributed by atoms with Crippen LogP contribution >= 0.6 is 12.4 Å². The second-order valence-electron chi connectivity index (χ2n) is 7.44. The first-order chi connectivity index (χ1) is 9.35. The van der Waals surface area contributed by atoms with E-state index >= 15 is 0 Å². The molecule has 0 saturated heterocycles. The number of carbonyl (C=O) groups excluding carboxylic acids is 1. The Morgan fingerprint density at radius 1 is 1.19 bits per heavy atom. The summed E-state index contributed by atoms with van der Waals surface area (Å²) in [5.74, 6) is -0.00529. The SMILES string of the molecule is CC1(N)CCCCC1C(=O)NCC1(C)CCCCC1O.Cl. The molecule has 0 aliphatic heterocycles. The fraction of sp³-hybridized carbons (Fsp3) is 0.938. The molecule has 5 heteroatoms. The van der Waals surface area contributed by atoms with E-state index in [2.05, 4.69) is 12.2 Å². The van der Waals surface area contributed by atoms with E-state index in [0.29, 0.717) is 6.54 Å². The normalized spacial score (nSPS) is 40.2. The Hall–Kier alpha value is -0.320. The van der Waals surface area contributed by atoms with Crippen LogP contribution in [0.15, 0.2) is 0 Å². The lowest BCUT2D eigenvalue weighted by atomic mass is 9.72. The average molecular weight is 319 g/mol. The van der Waals surface area contributed by atoms with Gasteiger partial charge < -0.3 is 16.2 Å². The molecule has 0 aromatic carbocycles. The Bertz CT molecular complexity index is 362. The monoisotopic (exact) mass is 318 g/mol. The largest absolute Gasteiger partial charge is 0.392 e. The summed E-state index contributed by atoms with van der Waals surface area (Å²) in [4.78, 5) is 12.4. The molecule has 0 bridgehead atoms. The lowest BCUT2D eigenvalue weighted by Gasteiger charge is -2.41. The first-order valence-corrected chi connectivity index (χ1v) is 8.10. The van der Waals surface area contributed by atoms with Gasteiger partial charge in [-0.05, 0) is 32.6 Å². The number of aliphatic hydroxyl groups is 1. The highest BCUT2D eigenvalue weighted by molar-refractivity contribution is 5.85. The molecule has 0 heterocycles. The molecule has 4 atom stereocenters. The van der Waals surface area contributed by atoms with Crippen molar-refractivity contribution in [3.05, 3.63) is 0 Å². The highest BCUT2D eigenvalue weighted by atomic mass is 35.5. The minimum absolute atomic E-state index is 0. The van der Waals surface area contributed by atoms with Gasteiger partial charge in [-0.3, -0.25) is 4.79 Å². The van der Waals surface area contributed by atoms with Crippen LogP contribution in [0.25, 0.3) is 0 Å². The van der Waals surface area contributed by atoms with Gasteiger partial charge in [0.25, 0.3) is 0 Å². The van der Waals surface area contributed by atoms with Crippen LogP contribution in [-0.2, 0) is 4.79 Å². The van der Waals surface area contributed by atoms with Crippen molar-refractivity contribution in [2.75, 3.05) is 6.54 Å². The van der Waals surface area contributed by atoms with Gasteiger partial charge in [0.15, 0.2) is 0 Å². The minimum atomic E-state index is -0.381. The summed E-state index contributed by atoms with van der Waals surface area (Å²) in [5, 5.41) is 13.2. The third-order valence-electron chi connectivity index (χ3n) is 5.52. The maximum atomic E-state index is 12.4. The molecule has 2 fully saturated rings. The van der Waals surface area contributed by atoms with E-state index in [1.807, 2.05) is 6.92 Å². The van der Waals surface area contributed by atoms with Gasteiger partial charge in [0.2, 0.25) is 5.91 Å². The van der Waals surface area contributed by atoms with Crippen molar-refractivity contribution >= 4 is 18.3 Å². The molecule has 0 spiro atoms. The molecule has 2 aliphatic rings. The van der Waals surface area contributed by atoms with Crippen LogP contribution in [0.2, 0.25) is 0 Å². The maximum Gasteiger partial charge on any atom is 0.224 e. The molecule has 21 heavy (non-hydrogen) atoms. The van der Waals surface area contributed by atoms with Crippen molar-refractivity contribution in [1.82, 2.24) is 5.32 Å². The summed E-state index contributed by atoms with van der Waals surface area (Å²) in [7, 11) is 0. The van der Waals surface area contributed by atoms with Gasteiger partial charge in [-0.15, -0.1) is 12.4 Å². The number of carbonyl (C=O) groups is 1. The van der Waals surface area contributed by atoms with E-state index in [4.69, 9.17) is 5.73 Å². The fourth-order valence-corrected chi connectivity index (χ4v) is 3.79. The number of amides is 1. The summed E-state index contributed by atoms with van der Waals surface area (Å²) in [5.41, 5.74) is 5.73. The molecule has 2 saturated carbocycles. The van der Waals surface area contributed by atoms with Gasteiger partial charge in [0.1, 0.15) is 0 Å². The molecule has 1 amide bonds. The predicted octanol–water partition coefficient (Wildman–Crippen LogP) is 2.37. The average Bonchev–Trinajstić information content (AvgIpc) is 2.39. The lowest BCUT2D eigenvalue weighted by Crippen LogP contribution is -2.54. The standard InChI is InChI=1S/C16H30N2O2.ClH/c1-15(9-5-4-8-13(15)19)11-18-14(20)12-7-3-6-10-16(12,2)17;/h12-13,19H,3-11,17H2,1-2H3,(H,18,20);1H. The first kappa shape index (κ1) is 18.7. The zero-order valence-corrected chi connectivity index (χ0v) is 14.2. The first-order valence-electron chi connectivity index (χ1n) is 8.10. The van der Waals surface area contributed by atoms with E-state index in [0.717, 1.165) is 51.4 Å². The third-order valence-corrected chi connectivity index (χ3v) is 5.52. The molecule has 0 aromatic rings. The van der Waals surface area contributed by atoms with Crippen molar-refractivity contribution in [3.8, 4) is 0 Å². The van der Waals surface area contributed by atoms with Crippen molar-refractivity contribution in [2.24, 2.45) is 17.1 Å². The lowest BCUT2D eigenvalue weighted by molar-refractivity contribution is -0.129. The van der Waals surface area contributed by atoms with Gasteiger partial charge >= 0.3 is 0 Å². The van der Waals surface area contributed by atoms with Crippen molar-refractivity contribution in [2.45, 2.75) is 76.9 Å². The summed E-state index contributed by atoms with van der Waals surface area (Å²) < 4.78 is 0. The Morgan fingerprint density at radius 3 is 2.43 bits per heavy atom. The zero-order chi connectivity index (χ0) is 14.8. The van der Waals surface area contributed by atoms with Crippen LogP contribution in [0.3, 0.4) is 0 Å². The Labute approximate surface area is 134 Å². The molecular formula is C16H31ClN2O2. The summed E-state index contributed by atoms with van der Waals surface area (Å²) in [6.45, 7) is 4.65. The number of rotatable bonds is 3. The summed E-state index contributed by atoms with van der Waals surface area (Å²) in [6.07, 6.45) is 7.78. The highest BCUT2D eigenvalue weighted by Crippen LogP contribution is 2.36. The zero-order valence-electron chi connectivity index (χ0n) is 13.4. The Balaban J connectivity index is 0.00000220. The summed E-state index contributed by atoms with van der Waals surface area (Å²) in [6, 6.07) is 0. The van der Waals surface area contributed by atoms with Crippen molar-refractivity contribution in [3.63, 3.8) is 0 Å². The van der Waals surface area contributed by atoms with E-state index in [1.165, 1.54) is 0 Å². The van der Waals surface area contributed by atoms with E-state index < -0.39 is 0 Å². The van der Waals surface area contributed by atoms with Crippen LogP contribution in [0, 0.1) is 11.3 Å². The van der Waals surface area contributed by atoms with Crippen LogP contribution in [0.1, 0.15) is 65.2 Å². The topological polar surface area (TPSA) is 75.4 Å². The molecule has 124 valence electrons. The number of aliphatic hydroxyl groups excluding tert-OH is 1. The van der Waals surface area contributed by atoms with Gasteiger partial charge in [-0.1, -0.05) is 32.6 Å². The fourth-order valence-electron chi connectivity index (χ4n) is 3.79. The molecule has 0 radical (unpaired) electrons. The van der Waals surface area contributed by atoms with Crippen molar-refractivity contribution in [1.29, 1.82) is 0 Å². The Kier molecular flexibility index (Phi) is 6.51. The number of nitrogens with one attached hydrogen (secondary N) is 1. The molecule has 2 aliphatic carbocycles. The molecule has 2 rings (SSSR count). The van der Waals surface area contributed by atoms with Gasteiger partial charge in [-0.2, -0.15) is 0 Å². The van der Waals surface area contributed by atoms with E-state index in [1.54, 1.807) is 0 Å². The number of nitrogens with two attached hydrogens (primary N) is 1. The number of halogens is 1. The van der Waals surface area contributed by atoms with E-state index in [9.17, 15) is 9.90 Å². The molecule has 4 N–H and O–H groups in total. The second kappa shape index (κ2) is 7.30. The van der Waals surface area contributed by atoms with Crippen LogP contribution < -0.4 is 11.1 Å². The number of hydrogen-bond acceptors (Lipinski definition) is 3. The smallest absolute Gasteiger partial charge is 0.224 e. The maximum absolute atomic E-state index is 12.4. The van der Waals surface area contributed by atoms with Crippen LogP contribution in [-0.4, -0.2) is 29.2 Å². The van der Waals surface area contributed by atoms with Gasteiger partial charge in [0, 0.05) is 17.5 Å². The van der Waals surface area contributed by atoms with Crippen LogP contribution in [0.4, 0.5) is 0 Å². The molecule has 4 nitrogen and oxygen atoms in total. The predicted molar refractivity (Wildman–Crippen MR) is 87.4 cm³/mol. The summed E-state index contributed by atoms with van der Waals surface area (Å²) >= 11 is 0. The molecular weight excluding hydrogens is 288 g/mol. The van der Waals surface area contributed by atoms with Crippen LogP contribution in [0.5, 0.6) is 0 Å². The Morgan fingerprint density at radius 2 is 1.81 bits per heavy atom. The molecule has 4 unspecified atom stereocenters. The third kappa shape index (κ3) is 4.33. The molecule has 0 aromatic heterocycles. The minimum Gasteiger partial charge on any atom is -0.392 e. The van der Waals surface area contributed by atoms with Gasteiger partial charge in [-0.25, -0.2) is 0 Å². The van der Waals surface area contributed by atoms with Gasteiger partial charge in [0.05, 0.1) is 12.0 Å². The number of hydrogen-bond donors (Lipinski definition) is 3.